The Labute approximate surface area is 145 Å². The van der Waals surface area contributed by atoms with Gasteiger partial charge in [0.1, 0.15) is 5.82 Å². The summed E-state index contributed by atoms with van der Waals surface area (Å²) >= 11 is 0. The maximum Gasteiger partial charge on any atom is 0.254 e. The number of aryl methyl sites for hydroxylation is 1. The molecular formula is C19H17FN4O. The summed E-state index contributed by atoms with van der Waals surface area (Å²) in [7, 11) is 0. The largest absolute Gasteiger partial charge is 0.348 e. The molecule has 0 saturated heterocycles. The number of hydrogen-bond donors (Lipinski definition) is 2. The molecule has 2 N–H and O–H groups in total. The Hall–Kier alpha value is -3.28. The molecule has 1 amide bonds. The van der Waals surface area contributed by atoms with Crippen molar-refractivity contribution in [2.75, 3.05) is 5.32 Å². The van der Waals surface area contributed by atoms with Gasteiger partial charge in [0.25, 0.3) is 5.91 Å². The Bertz CT molecular complexity index is 881. The number of anilines is 2. The molecule has 5 nitrogen and oxygen atoms in total. The fourth-order valence-corrected chi connectivity index (χ4v) is 2.30. The molecule has 0 aliphatic heterocycles. The first-order chi connectivity index (χ1) is 12.1. The van der Waals surface area contributed by atoms with Crippen LogP contribution in [0.2, 0.25) is 0 Å². The van der Waals surface area contributed by atoms with Crippen molar-refractivity contribution in [3.8, 4) is 0 Å². The number of amides is 1. The molecule has 0 radical (unpaired) electrons. The average Bonchev–Trinajstić information content (AvgIpc) is 2.62. The van der Waals surface area contributed by atoms with Crippen LogP contribution in [0.1, 0.15) is 21.5 Å². The summed E-state index contributed by atoms with van der Waals surface area (Å²) in [5.74, 6) is -0.439. The minimum atomic E-state index is -0.397. The first kappa shape index (κ1) is 16.6. The fourth-order valence-electron chi connectivity index (χ4n) is 2.30. The lowest BCUT2D eigenvalue weighted by Gasteiger charge is -2.08. The summed E-state index contributed by atoms with van der Waals surface area (Å²) < 4.78 is 13.6. The van der Waals surface area contributed by atoms with E-state index in [0.29, 0.717) is 12.1 Å². The predicted octanol–water partition coefficient (Wildman–Crippen LogP) is 3.60. The zero-order valence-electron chi connectivity index (χ0n) is 13.7. The molecule has 0 fully saturated rings. The highest BCUT2D eigenvalue weighted by atomic mass is 19.1. The number of para-hydroxylation sites is 1. The van der Waals surface area contributed by atoms with Gasteiger partial charge in [0.2, 0.25) is 5.95 Å². The molecule has 3 rings (SSSR count). The van der Waals surface area contributed by atoms with Crippen LogP contribution in [0, 0.1) is 12.7 Å². The zero-order chi connectivity index (χ0) is 17.6. The van der Waals surface area contributed by atoms with Gasteiger partial charge < -0.3 is 10.6 Å². The number of halogens is 1. The third-order valence-electron chi connectivity index (χ3n) is 3.57. The second kappa shape index (κ2) is 7.53. The van der Waals surface area contributed by atoms with E-state index in [1.807, 2.05) is 31.2 Å². The summed E-state index contributed by atoms with van der Waals surface area (Å²) in [5, 5.41) is 5.59. The normalized spacial score (nSPS) is 10.3. The van der Waals surface area contributed by atoms with Crippen molar-refractivity contribution in [3.63, 3.8) is 0 Å². The Morgan fingerprint density at radius 3 is 2.56 bits per heavy atom. The summed E-state index contributed by atoms with van der Waals surface area (Å²) in [4.78, 5) is 20.3. The fraction of sp³-hybridized carbons (Fsp3) is 0.105. The van der Waals surface area contributed by atoms with E-state index in [1.54, 1.807) is 18.2 Å². The van der Waals surface area contributed by atoms with Crippen LogP contribution in [0.4, 0.5) is 16.0 Å². The molecule has 0 spiro atoms. The monoisotopic (exact) mass is 336 g/mol. The lowest BCUT2D eigenvalue weighted by atomic mass is 10.1. The van der Waals surface area contributed by atoms with E-state index < -0.39 is 5.82 Å². The molecule has 0 atom stereocenters. The van der Waals surface area contributed by atoms with Gasteiger partial charge in [0.15, 0.2) is 0 Å². The lowest BCUT2D eigenvalue weighted by Crippen LogP contribution is -2.23. The standard InChI is InChI=1S/C19H17FN4O/c1-13-5-4-6-14(9-13)10-21-18(25)15-11-22-19(23-12-15)24-17-8-3-2-7-16(17)20/h2-9,11-12H,10H2,1H3,(H,21,25)(H,22,23,24). The summed E-state index contributed by atoms with van der Waals surface area (Å²) in [6.07, 6.45) is 2.81. The minimum Gasteiger partial charge on any atom is -0.348 e. The highest BCUT2D eigenvalue weighted by Crippen LogP contribution is 2.16. The molecule has 0 unspecified atom stereocenters. The molecular weight excluding hydrogens is 319 g/mol. The van der Waals surface area contributed by atoms with Crippen LogP contribution >= 0.6 is 0 Å². The first-order valence-corrected chi connectivity index (χ1v) is 7.79. The third-order valence-corrected chi connectivity index (χ3v) is 3.57. The molecule has 0 aliphatic rings. The number of hydrogen-bond acceptors (Lipinski definition) is 4. The van der Waals surface area contributed by atoms with Gasteiger partial charge >= 0.3 is 0 Å². The number of rotatable bonds is 5. The predicted molar refractivity (Wildman–Crippen MR) is 94.1 cm³/mol. The van der Waals surface area contributed by atoms with E-state index in [4.69, 9.17) is 0 Å². The van der Waals surface area contributed by atoms with Gasteiger partial charge in [0, 0.05) is 18.9 Å². The number of nitrogens with one attached hydrogen (secondary N) is 2. The zero-order valence-corrected chi connectivity index (χ0v) is 13.7. The molecule has 0 bridgehead atoms. The Morgan fingerprint density at radius 1 is 1.08 bits per heavy atom. The van der Waals surface area contributed by atoms with Crippen molar-refractivity contribution in [1.29, 1.82) is 0 Å². The quantitative estimate of drug-likeness (QED) is 0.747. The highest BCUT2D eigenvalue weighted by Gasteiger charge is 2.08. The van der Waals surface area contributed by atoms with E-state index in [-0.39, 0.29) is 17.5 Å². The number of carbonyl (C=O) groups is 1. The average molecular weight is 336 g/mol. The summed E-state index contributed by atoms with van der Waals surface area (Å²) in [5.41, 5.74) is 2.77. The number of carbonyl (C=O) groups excluding carboxylic acids is 1. The highest BCUT2D eigenvalue weighted by molar-refractivity contribution is 5.93. The van der Waals surface area contributed by atoms with E-state index in [1.165, 1.54) is 18.5 Å². The van der Waals surface area contributed by atoms with Gasteiger partial charge in [0.05, 0.1) is 11.3 Å². The van der Waals surface area contributed by atoms with Crippen LogP contribution < -0.4 is 10.6 Å². The van der Waals surface area contributed by atoms with E-state index in [2.05, 4.69) is 20.6 Å². The van der Waals surface area contributed by atoms with Gasteiger partial charge in [-0.05, 0) is 24.6 Å². The van der Waals surface area contributed by atoms with Gasteiger partial charge in [-0.1, -0.05) is 42.0 Å². The first-order valence-electron chi connectivity index (χ1n) is 7.79. The molecule has 1 aromatic heterocycles. The lowest BCUT2D eigenvalue weighted by molar-refractivity contribution is 0.0950. The van der Waals surface area contributed by atoms with Crippen LogP contribution in [-0.2, 0) is 6.54 Å². The molecule has 0 aliphatic carbocycles. The van der Waals surface area contributed by atoms with Crippen LogP contribution in [0.15, 0.2) is 60.9 Å². The maximum atomic E-state index is 13.6. The van der Waals surface area contributed by atoms with E-state index >= 15 is 0 Å². The molecule has 2 aromatic carbocycles. The van der Waals surface area contributed by atoms with Crippen molar-refractivity contribution in [3.05, 3.63) is 83.4 Å². The Kier molecular flexibility index (Phi) is 4.99. The number of aromatic nitrogens is 2. The Balaban J connectivity index is 1.61. The van der Waals surface area contributed by atoms with Crippen molar-refractivity contribution in [1.82, 2.24) is 15.3 Å². The molecule has 1 heterocycles. The molecule has 3 aromatic rings. The molecule has 6 heteroatoms. The van der Waals surface area contributed by atoms with Crippen LogP contribution in [0.3, 0.4) is 0 Å². The van der Waals surface area contributed by atoms with E-state index in [9.17, 15) is 9.18 Å². The summed E-state index contributed by atoms with van der Waals surface area (Å²) in [6.45, 7) is 2.43. The third kappa shape index (κ3) is 4.38. The number of benzene rings is 2. The molecule has 126 valence electrons. The van der Waals surface area contributed by atoms with Crippen molar-refractivity contribution in [2.24, 2.45) is 0 Å². The summed E-state index contributed by atoms with van der Waals surface area (Å²) in [6, 6.07) is 14.1. The van der Waals surface area contributed by atoms with Crippen LogP contribution in [-0.4, -0.2) is 15.9 Å². The van der Waals surface area contributed by atoms with Gasteiger partial charge in [-0.15, -0.1) is 0 Å². The topological polar surface area (TPSA) is 66.9 Å². The Morgan fingerprint density at radius 2 is 1.84 bits per heavy atom. The van der Waals surface area contributed by atoms with Crippen molar-refractivity contribution >= 4 is 17.5 Å². The maximum absolute atomic E-state index is 13.6. The second-order valence-corrected chi connectivity index (χ2v) is 5.57. The minimum absolute atomic E-state index is 0.223. The van der Waals surface area contributed by atoms with Crippen LogP contribution in [0.5, 0.6) is 0 Å². The smallest absolute Gasteiger partial charge is 0.254 e. The van der Waals surface area contributed by atoms with E-state index in [0.717, 1.165) is 11.1 Å². The molecule has 25 heavy (non-hydrogen) atoms. The van der Waals surface area contributed by atoms with Crippen LogP contribution in [0.25, 0.3) is 0 Å². The molecule has 0 saturated carbocycles. The van der Waals surface area contributed by atoms with Gasteiger partial charge in [-0.25, -0.2) is 14.4 Å². The SMILES string of the molecule is Cc1cccc(CNC(=O)c2cnc(Nc3ccccc3F)nc2)c1. The van der Waals surface area contributed by atoms with Crippen molar-refractivity contribution in [2.45, 2.75) is 13.5 Å². The van der Waals surface area contributed by atoms with Gasteiger partial charge in [-0.2, -0.15) is 0 Å². The second-order valence-electron chi connectivity index (χ2n) is 5.57. The number of nitrogens with zero attached hydrogens (tertiary/aromatic N) is 2. The van der Waals surface area contributed by atoms with Gasteiger partial charge in [-0.3, -0.25) is 4.79 Å². The van der Waals surface area contributed by atoms with Crippen molar-refractivity contribution < 1.29 is 9.18 Å².